The zero-order chi connectivity index (χ0) is 13.3. The highest BCUT2D eigenvalue weighted by Crippen LogP contribution is 2.27. The second-order valence-corrected chi connectivity index (χ2v) is 4.99. The SMILES string of the molecule is N#CCCNc1cc(NCCC2CCCC2)ncn1. The third kappa shape index (κ3) is 4.74. The molecule has 1 aliphatic carbocycles. The minimum absolute atomic E-state index is 0.481. The fraction of sp³-hybridized carbons (Fsp3) is 0.643. The minimum atomic E-state index is 0.481. The molecule has 1 aromatic rings. The Morgan fingerprint density at radius 2 is 1.84 bits per heavy atom. The van der Waals surface area contributed by atoms with Crippen LogP contribution in [0.4, 0.5) is 11.6 Å². The van der Waals surface area contributed by atoms with Crippen LogP contribution in [0.15, 0.2) is 12.4 Å². The van der Waals surface area contributed by atoms with Crippen molar-refractivity contribution in [2.24, 2.45) is 5.92 Å². The van der Waals surface area contributed by atoms with Gasteiger partial charge >= 0.3 is 0 Å². The highest BCUT2D eigenvalue weighted by Gasteiger charge is 2.14. The first kappa shape index (κ1) is 13.6. The van der Waals surface area contributed by atoms with E-state index in [0.717, 1.165) is 24.1 Å². The van der Waals surface area contributed by atoms with E-state index in [1.165, 1.54) is 32.1 Å². The van der Waals surface area contributed by atoms with Crippen molar-refractivity contribution in [1.29, 1.82) is 5.26 Å². The molecule has 1 aliphatic rings. The van der Waals surface area contributed by atoms with Crippen molar-refractivity contribution in [3.05, 3.63) is 12.4 Å². The summed E-state index contributed by atoms with van der Waals surface area (Å²) in [6.07, 6.45) is 8.80. The van der Waals surface area contributed by atoms with Crippen molar-refractivity contribution in [3.63, 3.8) is 0 Å². The normalized spacial score (nSPS) is 15.1. The summed E-state index contributed by atoms with van der Waals surface area (Å²) in [6.45, 7) is 1.59. The zero-order valence-electron chi connectivity index (χ0n) is 11.2. The van der Waals surface area contributed by atoms with E-state index in [4.69, 9.17) is 5.26 Å². The first-order valence-corrected chi connectivity index (χ1v) is 7.05. The first-order chi connectivity index (χ1) is 9.38. The van der Waals surface area contributed by atoms with E-state index in [1.54, 1.807) is 6.33 Å². The van der Waals surface area contributed by atoms with E-state index in [-0.39, 0.29) is 0 Å². The largest absolute Gasteiger partial charge is 0.370 e. The summed E-state index contributed by atoms with van der Waals surface area (Å²) in [5.74, 6) is 2.52. The summed E-state index contributed by atoms with van der Waals surface area (Å²) in [6, 6.07) is 3.99. The van der Waals surface area contributed by atoms with Gasteiger partial charge in [0.05, 0.1) is 12.5 Å². The summed E-state index contributed by atoms with van der Waals surface area (Å²) in [4.78, 5) is 8.33. The lowest BCUT2D eigenvalue weighted by atomic mass is 10.0. The maximum atomic E-state index is 8.48. The fourth-order valence-corrected chi connectivity index (χ4v) is 2.50. The van der Waals surface area contributed by atoms with Crippen LogP contribution < -0.4 is 10.6 Å². The lowest BCUT2D eigenvalue weighted by Gasteiger charge is -2.11. The van der Waals surface area contributed by atoms with E-state index in [2.05, 4.69) is 26.7 Å². The van der Waals surface area contributed by atoms with Gasteiger partial charge in [-0.15, -0.1) is 0 Å². The van der Waals surface area contributed by atoms with Gasteiger partial charge in [0, 0.05) is 19.2 Å². The maximum absolute atomic E-state index is 8.48. The molecule has 0 bridgehead atoms. The number of aromatic nitrogens is 2. The van der Waals surface area contributed by atoms with E-state index in [1.807, 2.05) is 6.07 Å². The molecule has 0 unspecified atom stereocenters. The van der Waals surface area contributed by atoms with Crippen molar-refractivity contribution in [2.45, 2.75) is 38.5 Å². The molecule has 1 heterocycles. The lowest BCUT2D eigenvalue weighted by Crippen LogP contribution is -2.09. The van der Waals surface area contributed by atoms with Crippen molar-refractivity contribution in [3.8, 4) is 6.07 Å². The molecular weight excluding hydrogens is 238 g/mol. The third-order valence-corrected chi connectivity index (χ3v) is 3.54. The van der Waals surface area contributed by atoms with Crippen molar-refractivity contribution < 1.29 is 0 Å². The van der Waals surface area contributed by atoms with Gasteiger partial charge in [0.15, 0.2) is 0 Å². The molecule has 0 amide bonds. The van der Waals surface area contributed by atoms with Gasteiger partial charge in [-0.1, -0.05) is 25.7 Å². The number of hydrogen-bond donors (Lipinski definition) is 2. The monoisotopic (exact) mass is 259 g/mol. The number of nitrogens with one attached hydrogen (secondary N) is 2. The second kappa shape index (κ2) is 7.57. The standard InChI is InChI=1S/C14H21N5/c15-7-3-8-16-13-10-14(19-11-18-13)17-9-6-12-4-1-2-5-12/h10-12H,1-6,8-9H2,(H2,16,17,18,19). The minimum Gasteiger partial charge on any atom is -0.370 e. The highest BCUT2D eigenvalue weighted by atomic mass is 15.1. The van der Waals surface area contributed by atoms with Crippen molar-refractivity contribution in [1.82, 2.24) is 9.97 Å². The quantitative estimate of drug-likeness (QED) is 0.736. The van der Waals surface area contributed by atoms with E-state index in [9.17, 15) is 0 Å². The smallest absolute Gasteiger partial charge is 0.131 e. The molecule has 0 spiro atoms. The number of nitrogens with zero attached hydrogens (tertiary/aromatic N) is 3. The molecule has 2 N–H and O–H groups in total. The Morgan fingerprint density at radius 3 is 2.53 bits per heavy atom. The fourth-order valence-electron chi connectivity index (χ4n) is 2.50. The summed E-state index contributed by atoms with van der Waals surface area (Å²) >= 11 is 0. The highest BCUT2D eigenvalue weighted by molar-refractivity contribution is 5.46. The van der Waals surface area contributed by atoms with Crippen LogP contribution in [0, 0.1) is 17.2 Å². The average molecular weight is 259 g/mol. The van der Waals surface area contributed by atoms with Gasteiger partial charge in [-0.25, -0.2) is 9.97 Å². The van der Waals surface area contributed by atoms with E-state index < -0.39 is 0 Å². The summed E-state index contributed by atoms with van der Waals surface area (Å²) in [7, 11) is 0. The first-order valence-electron chi connectivity index (χ1n) is 7.05. The lowest BCUT2D eigenvalue weighted by molar-refractivity contribution is 0.518. The van der Waals surface area contributed by atoms with Crippen LogP contribution in [-0.2, 0) is 0 Å². The molecule has 5 heteroatoms. The van der Waals surface area contributed by atoms with E-state index >= 15 is 0 Å². The molecular formula is C14H21N5. The maximum Gasteiger partial charge on any atom is 0.131 e. The van der Waals surface area contributed by atoms with Crippen LogP contribution >= 0.6 is 0 Å². The molecule has 0 aliphatic heterocycles. The Labute approximate surface area is 114 Å². The van der Waals surface area contributed by atoms with Crippen LogP contribution in [0.3, 0.4) is 0 Å². The van der Waals surface area contributed by atoms with Crippen LogP contribution in [0.5, 0.6) is 0 Å². The van der Waals surface area contributed by atoms with Crippen molar-refractivity contribution in [2.75, 3.05) is 23.7 Å². The predicted octanol–water partition coefficient (Wildman–Crippen LogP) is 2.79. The molecule has 5 nitrogen and oxygen atoms in total. The van der Waals surface area contributed by atoms with Crippen molar-refractivity contribution >= 4 is 11.6 Å². The Balaban J connectivity index is 1.73. The molecule has 2 rings (SSSR count). The Bertz CT molecular complexity index is 420. The Kier molecular flexibility index (Phi) is 5.42. The van der Waals surface area contributed by atoms with Gasteiger partial charge in [-0.3, -0.25) is 0 Å². The van der Waals surface area contributed by atoms with Crippen LogP contribution in [0.2, 0.25) is 0 Å². The molecule has 0 radical (unpaired) electrons. The average Bonchev–Trinajstić information content (AvgIpc) is 2.93. The van der Waals surface area contributed by atoms with Gasteiger partial charge in [0.1, 0.15) is 18.0 Å². The van der Waals surface area contributed by atoms with E-state index in [0.29, 0.717) is 13.0 Å². The molecule has 0 aromatic carbocycles. The topological polar surface area (TPSA) is 73.6 Å². The second-order valence-electron chi connectivity index (χ2n) is 4.99. The van der Waals surface area contributed by atoms with Gasteiger partial charge in [0.2, 0.25) is 0 Å². The van der Waals surface area contributed by atoms with Gasteiger partial charge in [0.25, 0.3) is 0 Å². The number of hydrogen-bond acceptors (Lipinski definition) is 5. The number of rotatable bonds is 7. The molecule has 19 heavy (non-hydrogen) atoms. The van der Waals surface area contributed by atoms with Gasteiger partial charge < -0.3 is 10.6 Å². The van der Waals surface area contributed by atoms with Crippen LogP contribution in [0.25, 0.3) is 0 Å². The Morgan fingerprint density at radius 1 is 1.16 bits per heavy atom. The number of nitriles is 1. The van der Waals surface area contributed by atoms with Crippen LogP contribution in [-0.4, -0.2) is 23.1 Å². The molecule has 1 aromatic heterocycles. The zero-order valence-corrected chi connectivity index (χ0v) is 11.2. The van der Waals surface area contributed by atoms with Gasteiger partial charge in [-0.05, 0) is 12.3 Å². The van der Waals surface area contributed by atoms with Gasteiger partial charge in [-0.2, -0.15) is 5.26 Å². The molecule has 1 saturated carbocycles. The summed E-state index contributed by atoms with van der Waals surface area (Å²) in [5.41, 5.74) is 0. The third-order valence-electron chi connectivity index (χ3n) is 3.54. The molecule has 0 saturated heterocycles. The number of anilines is 2. The Hall–Kier alpha value is -1.83. The molecule has 1 fully saturated rings. The molecule has 0 atom stereocenters. The van der Waals surface area contributed by atoms with Crippen LogP contribution in [0.1, 0.15) is 38.5 Å². The molecule has 102 valence electrons. The summed E-state index contributed by atoms with van der Waals surface area (Å²) in [5, 5.41) is 14.9. The predicted molar refractivity (Wildman–Crippen MR) is 75.8 cm³/mol. The summed E-state index contributed by atoms with van der Waals surface area (Å²) < 4.78 is 0.